The van der Waals surface area contributed by atoms with Crippen molar-refractivity contribution < 1.29 is 34.8 Å². The Hall–Kier alpha value is -1.54. The van der Waals surface area contributed by atoms with E-state index in [-0.39, 0.29) is 17.5 Å². The molecule has 0 saturated heterocycles. The van der Waals surface area contributed by atoms with Gasteiger partial charge in [-0.05, 0) is 36.8 Å². The van der Waals surface area contributed by atoms with Crippen molar-refractivity contribution in [2.45, 2.75) is 141 Å². The molecule has 0 radical (unpaired) electrons. The summed E-state index contributed by atoms with van der Waals surface area (Å²) in [5.41, 5.74) is -4.65. The van der Waals surface area contributed by atoms with Crippen molar-refractivity contribution in [3.63, 3.8) is 0 Å². The third-order valence-electron chi connectivity index (χ3n) is 11.3. The second kappa shape index (κ2) is 12.2. The van der Waals surface area contributed by atoms with Crippen molar-refractivity contribution >= 4 is 11.8 Å². The lowest BCUT2D eigenvalue weighted by Crippen LogP contribution is -2.64. The lowest BCUT2D eigenvalue weighted by Gasteiger charge is -2.50. The smallest absolute Gasteiger partial charge is 0.306 e. The average molecular weight is 575 g/mol. The van der Waals surface area contributed by atoms with Crippen molar-refractivity contribution in [3.8, 4) is 0 Å². The van der Waals surface area contributed by atoms with Crippen LogP contribution in [-0.2, 0) is 14.3 Å². The number of fused-ring (bicyclic) bond motifs is 5. The minimum absolute atomic E-state index is 0.118. The van der Waals surface area contributed by atoms with Gasteiger partial charge in [0, 0.05) is 29.6 Å². The summed E-state index contributed by atoms with van der Waals surface area (Å²) in [7, 11) is 0. The van der Waals surface area contributed by atoms with Gasteiger partial charge in [-0.15, -0.1) is 0 Å². The second-order valence-electron chi connectivity index (χ2n) is 14.2. The number of aliphatic hydroxyl groups is 4. The average Bonchev–Trinajstić information content (AvgIpc) is 3.30. The van der Waals surface area contributed by atoms with Gasteiger partial charge in [-0.25, -0.2) is 0 Å². The molecule has 2 saturated carbocycles. The fourth-order valence-corrected chi connectivity index (χ4v) is 8.80. The molecule has 2 fully saturated rings. The molecule has 7 heteroatoms. The molecule has 0 unspecified atom stereocenters. The first kappa shape index (κ1) is 32.4. The van der Waals surface area contributed by atoms with E-state index in [1.165, 1.54) is 51.4 Å². The second-order valence-corrected chi connectivity index (χ2v) is 14.2. The minimum atomic E-state index is -2.25. The van der Waals surface area contributed by atoms with Crippen LogP contribution in [0.15, 0.2) is 23.3 Å². The molecule has 0 amide bonds. The SMILES string of the molecule is CCCCCCCCCCCCCC(=O)O[C@@]12C[C@@H](C)[C@@]3(O)[C@@H](C=C(CO)[C@@H](O)[C@]4(O)C(=O)C(C)=C[C@@H]43)[C@@H]1C2(C)C. The molecule has 232 valence electrons. The van der Waals surface area contributed by atoms with Crippen LogP contribution in [0.5, 0.6) is 0 Å². The molecule has 7 nitrogen and oxygen atoms in total. The molecule has 4 aliphatic carbocycles. The van der Waals surface area contributed by atoms with E-state index < -0.39 is 58.5 Å². The highest BCUT2D eigenvalue weighted by molar-refractivity contribution is 6.05. The Balaban J connectivity index is 1.40. The van der Waals surface area contributed by atoms with E-state index >= 15 is 0 Å². The predicted molar refractivity (Wildman–Crippen MR) is 158 cm³/mol. The van der Waals surface area contributed by atoms with Crippen molar-refractivity contribution in [2.24, 2.45) is 29.1 Å². The highest BCUT2D eigenvalue weighted by Crippen LogP contribution is 2.76. The molecule has 41 heavy (non-hydrogen) atoms. The van der Waals surface area contributed by atoms with Crippen LogP contribution in [0, 0.1) is 29.1 Å². The highest BCUT2D eigenvalue weighted by atomic mass is 16.6. The topological polar surface area (TPSA) is 124 Å². The molecule has 0 aromatic rings. The highest BCUT2D eigenvalue weighted by Gasteiger charge is 2.83. The van der Waals surface area contributed by atoms with E-state index in [9.17, 15) is 30.0 Å². The number of esters is 1. The molecule has 0 aliphatic heterocycles. The lowest BCUT2D eigenvalue weighted by atomic mass is 9.59. The predicted octanol–water partition coefficient (Wildman–Crippen LogP) is 5.18. The number of Topliss-reactive ketones (excluding diaryl/α,β-unsaturated/α-hetero) is 1. The standard InChI is InChI=1S/C34H54O7/c1-6-7-8-9-10-11-12-13-14-15-16-17-27(36)41-32-20-23(3)33(39)25(28(32)31(32,4)5)19-24(21-35)30(38)34(40)26(33)18-22(2)29(34)37/h18-19,23,25-26,28,30,35,38-40H,6-17,20-21H2,1-5H3/t23-,25+,26-,28-,30-,32+,33-,34-/m1/s1. The van der Waals surface area contributed by atoms with Crippen molar-refractivity contribution in [1.29, 1.82) is 0 Å². The van der Waals surface area contributed by atoms with Crippen LogP contribution >= 0.6 is 0 Å². The van der Waals surface area contributed by atoms with Crippen LogP contribution in [0.25, 0.3) is 0 Å². The molecule has 0 aromatic heterocycles. The molecule has 0 aromatic carbocycles. The lowest BCUT2D eigenvalue weighted by molar-refractivity contribution is -0.197. The maximum atomic E-state index is 13.1. The summed E-state index contributed by atoms with van der Waals surface area (Å²) in [6.07, 6.45) is 15.6. The maximum absolute atomic E-state index is 13.1. The summed E-state index contributed by atoms with van der Waals surface area (Å²) < 4.78 is 6.29. The normalized spacial score (nSPS) is 38.8. The zero-order chi connectivity index (χ0) is 30.2. The molecule has 0 spiro atoms. The third kappa shape index (κ3) is 5.27. The Kier molecular flexibility index (Phi) is 9.65. The molecule has 0 heterocycles. The van der Waals surface area contributed by atoms with Crippen LogP contribution in [0.1, 0.15) is 118 Å². The van der Waals surface area contributed by atoms with E-state index in [2.05, 4.69) is 6.92 Å². The number of unbranched alkanes of at least 4 members (excludes halogenated alkanes) is 10. The Bertz CT molecular complexity index is 1050. The number of hydrogen-bond acceptors (Lipinski definition) is 7. The molecular weight excluding hydrogens is 520 g/mol. The van der Waals surface area contributed by atoms with Gasteiger partial charge in [0.25, 0.3) is 0 Å². The van der Waals surface area contributed by atoms with Gasteiger partial charge < -0.3 is 25.2 Å². The summed E-state index contributed by atoms with van der Waals surface area (Å²) >= 11 is 0. The van der Waals surface area contributed by atoms with Crippen molar-refractivity contribution in [1.82, 2.24) is 0 Å². The van der Waals surface area contributed by atoms with E-state index in [0.29, 0.717) is 18.4 Å². The van der Waals surface area contributed by atoms with Crippen LogP contribution in [-0.4, -0.2) is 61.7 Å². The van der Waals surface area contributed by atoms with Gasteiger partial charge in [0.1, 0.15) is 11.7 Å². The van der Waals surface area contributed by atoms with Crippen molar-refractivity contribution in [3.05, 3.63) is 23.3 Å². The Morgan fingerprint density at radius 2 is 1.54 bits per heavy atom. The number of hydrogen-bond donors (Lipinski definition) is 4. The first-order valence-electron chi connectivity index (χ1n) is 16.2. The fraction of sp³-hybridized carbons (Fsp3) is 0.824. The number of carbonyl (C=O) groups excluding carboxylic acids is 2. The summed E-state index contributed by atoms with van der Waals surface area (Å²) in [5, 5.41) is 45.4. The molecule has 4 rings (SSSR count). The summed E-state index contributed by atoms with van der Waals surface area (Å²) in [4.78, 5) is 26.2. The Morgan fingerprint density at radius 3 is 2.10 bits per heavy atom. The van der Waals surface area contributed by atoms with E-state index in [1.54, 1.807) is 19.1 Å². The largest absolute Gasteiger partial charge is 0.458 e. The summed E-state index contributed by atoms with van der Waals surface area (Å²) in [6, 6.07) is 0. The first-order valence-corrected chi connectivity index (χ1v) is 16.2. The van der Waals surface area contributed by atoms with Crippen LogP contribution in [0.3, 0.4) is 0 Å². The van der Waals surface area contributed by atoms with Gasteiger partial charge in [-0.1, -0.05) is 104 Å². The number of rotatable bonds is 14. The molecular formula is C34H54O7. The van der Waals surface area contributed by atoms with Gasteiger partial charge in [0.2, 0.25) is 0 Å². The minimum Gasteiger partial charge on any atom is -0.458 e. The fourth-order valence-electron chi connectivity index (χ4n) is 8.80. The van der Waals surface area contributed by atoms with Gasteiger partial charge in [-0.2, -0.15) is 0 Å². The molecule has 4 aliphatic rings. The number of ether oxygens (including phenoxy) is 1. The number of carbonyl (C=O) groups is 2. The van der Waals surface area contributed by atoms with Gasteiger partial charge in [0.05, 0.1) is 12.2 Å². The first-order chi connectivity index (χ1) is 19.3. The molecule has 0 bridgehead atoms. The zero-order valence-electron chi connectivity index (χ0n) is 26.0. The zero-order valence-corrected chi connectivity index (χ0v) is 26.0. The maximum Gasteiger partial charge on any atom is 0.306 e. The monoisotopic (exact) mass is 574 g/mol. The quantitative estimate of drug-likeness (QED) is 0.128. The Labute approximate surface area is 246 Å². The molecule has 4 N–H and O–H groups in total. The van der Waals surface area contributed by atoms with Gasteiger partial charge in [-0.3, -0.25) is 9.59 Å². The van der Waals surface area contributed by atoms with Gasteiger partial charge >= 0.3 is 5.97 Å². The van der Waals surface area contributed by atoms with Crippen LogP contribution in [0.4, 0.5) is 0 Å². The van der Waals surface area contributed by atoms with Gasteiger partial charge in [0.15, 0.2) is 11.4 Å². The number of aliphatic hydroxyl groups excluding tert-OH is 2. The van der Waals surface area contributed by atoms with Crippen molar-refractivity contribution in [2.75, 3.05) is 6.61 Å². The van der Waals surface area contributed by atoms with E-state index in [4.69, 9.17) is 4.74 Å². The van der Waals surface area contributed by atoms with Crippen LogP contribution in [0.2, 0.25) is 0 Å². The third-order valence-corrected chi connectivity index (χ3v) is 11.3. The van der Waals surface area contributed by atoms with E-state index in [0.717, 1.165) is 19.3 Å². The summed E-state index contributed by atoms with van der Waals surface area (Å²) in [5.74, 6) is -3.24. The van der Waals surface area contributed by atoms with E-state index in [1.807, 2.05) is 20.8 Å². The van der Waals surface area contributed by atoms with Crippen LogP contribution < -0.4 is 0 Å². The molecule has 8 atom stereocenters. The number of ketones is 1. The summed E-state index contributed by atoms with van der Waals surface area (Å²) in [6.45, 7) is 9.20. The Morgan fingerprint density at radius 1 is 0.976 bits per heavy atom.